The normalized spacial score (nSPS) is 22.4. The van der Waals surface area contributed by atoms with Gasteiger partial charge in [0.2, 0.25) is 0 Å². The van der Waals surface area contributed by atoms with Crippen molar-refractivity contribution in [2.45, 2.75) is 31.2 Å². The first-order valence-corrected chi connectivity index (χ1v) is 7.99. The molecule has 6 heteroatoms. The molecule has 0 N–H and O–H groups in total. The first-order valence-electron chi connectivity index (χ1n) is 7.04. The highest BCUT2D eigenvalue weighted by atomic mass is 32.1. The van der Waals surface area contributed by atoms with E-state index in [-0.39, 0.29) is 11.9 Å². The molecular weight excluding hydrogens is 272 g/mol. The van der Waals surface area contributed by atoms with Gasteiger partial charge in [-0.15, -0.1) is 5.10 Å². The number of nitrogens with zero attached hydrogens (tertiary/aromatic N) is 4. The summed E-state index contributed by atoms with van der Waals surface area (Å²) in [5, 5.41) is 12.4. The molecule has 0 radical (unpaired) electrons. The zero-order valence-electron chi connectivity index (χ0n) is 11.1. The molecule has 2 aromatic heterocycles. The van der Waals surface area contributed by atoms with Gasteiger partial charge in [0.15, 0.2) is 0 Å². The number of aromatic nitrogens is 3. The van der Waals surface area contributed by atoms with Crippen molar-refractivity contribution in [2.75, 3.05) is 13.1 Å². The summed E-state index contributed by atoms with van der Waals surface area (Å²) in [6.07, 6.45) is 5.52. The second-order valence-corrected chi connectivity index (χ2v) is 6.38. The van der Waals surface area contributed by atoms with E-state index in [1.165, 1.54) is 12.8 Å². The molecule has 4 rings (SSSR count). The highest BCUT2D eigenvalue weighted by molar-refractivity contribution is 7.08. The Morgan fingerprint density at radius 2 is 2.25 bits per heavy atom. The molecular formula is C14H16N4OS. The molecule has 1 aliphatic heterocycles. The second kappa shape index (κ2) is 4.70. The molecule has 5 nitrogen and oxygen atoms in total. The third-order valence-electron chi connectivity index (χ3n) is 4.12. The Morgan fingerprint density at radius 3 is 3.00 bits per heavy atom. The van der Waals surface area contributed by atoms with Gasteiger partial charge in [-0.1, -0.05) is 5.21 Å². The third kappa shape index (κ3) is 2.14. The minimum absolute atomic E-state index is 0.135. The van der Waals surface area contributed by atoms with E-state index in [0.29, 0.717) is 5.92 Å². The van der Waals surface area contributed by atoms with E-state index in [0.717, 1.165) is 30.8 Å². The van der Waals surface area contributed by atoms with Gasteiger partial charge in [-0.2, -0.15) is 11.3 Å². The number of hydrogen-bond donors (Lipinski definition) is 0. The van der Waals surface area contributed by atoms with Crippen LogP contribution in [0.25, 0.3) is 0 Å². The number of thiophene rings is 1. The standard InChI is InChI=1S/C14H16N4OS/c19-14(11-4-6-20-9-11)17-5-3-12(7-17)18-8-13(15-16-18)10-1-2-10/h4,6,8-10,12H,1-3,5,7H2. The molecule has 2 aliphatic rings. The van der Waals surface area contributed by atoms with Gasteiger partial charge in [0.05, 0.1) is 17.3 Å². The van der Waals surface area contributed by atoms with Crippen LogP contribution in [0.3, 0.4) is 0 Å². The molecule has 1 unspecified atom stereocenters. The fourth-order valence-corrected chi connectivity index (χ4v) is 3.38. The Hall–Kier alpha value is -1.69. The Bertz CT molecular complexity index is 617. The first-order chi connectivity index (χ1) is 9.81. The lowest BCUT2D eigenvalue weighted by Gasteiger charge is -2.15. The zero-order chi connectivity index (χ0) is 13.5. The van der Waals surface area contributed by atoms with Crippen LogP contribution in [0.2, 0.25) is 0 Å². The van der Waals surface area contributed by atoms with Crippen LogP contribution >= 0.6 is 11.3 Å². The fourth-order valence-electron chi connectivity index (χ4n) is 2.75. The fraction of sp³-hybridized carbons (Fsp3) is 0.500. The molecule has 3 heterocycles. The Labute approximate surface area is 121 Å². The van der Waals surface area contributed by atoms with Crippen LogP contribution in [0.15, 0.2) is 23.0 Å². The van der Waals surface area contributed by atoms with Crippen LogP contribution in [-0.2, 0) is 0 Å². The molecule has 1 amide bonds. The van der Waals surface area contributed by atoms with Gasteiger partial charge in [0.25, 0.3) is 5.91 Å². The largest absolute Gasteiger partial charge is 0.336 e. The summed E-state index contributed by atoms with van der Waals surface area (Å²) in [5.74, 6) is 0.768. The van der Waals surface area contributed by atoms with Crippen molar-refractivity contribution in [2.24, 2.45) is 0 Å². The van der Waals surface area contributed by atoms with Crippen molar-refractivity contribution in [1.29, 1.82) is 0 Å². The van der Waals surface area contributed by atoms with E-state index in [2.05, 4.69) is 16.5 Å². The van der Waals surface area contributed by atoms with E-state index in [4.69, 9.17) is 0 Å². The van der Waals surface area contributed by atoms with Crippen LogP contribution in [0.1, 0.15) is 47.3 Å². The molecule has 2 aromatic rings. The molecule has 1 saturated heterocycles. The molecule has 0 spiro atoms. The van der Waals surface area contributed by atoms with Gasteiger partial charge < -0.3 is 4.90 Å². The van der Waals surface area contributed by atoms with Crippen LogP contribution < -0.4 is 0 Å². The molecule has 1 atom stereocenters. The number of likely N-dealkylation sites (tertiary alicyclic amines) is 1. The monoisotopic (exact) mass is 288 g/mol. The summed E-state index contributed by atoms with van der Waals surface area (Å²) in [4.78, 5) is 14.2. The summed E-state index contributed by atoms with van der Waals surface area (Å²) >= 11 is 1.56. The number of carbonyl (C=O) groups is 1. The van der Waals surface area contributed by atoms with Gasteiger partial charge >= 0.3 is 0 Å². The summed E-state index contributed by atoms with van der Waals surface area (Å²) in [6.45, 7) is 1.54. The number of carbonyl (C=O) groups excluding carboxylic acids is 1. The van der Waals surface area contributed by atoms with Gasteiger partial charge in [-0.25, -0.2) is 4.68 Å². The van der Waals surface area contributed by atoms with Gasteiger partial charge in [0, 0.05) is 30.6 Å². The first kappa shape index (κ1) is 12.1. The van der Waals surface area contributed by atoms with E-state index in [1.54, 1.807) is 11.3 Å². The summed E-state index contributed by atoms with van der Waals surface area (Å²) in [6, 6.07) is 2.17. The lowest BCUT2D eigenvalue weighted by atomic mass is 10.2. The lowest BCUT2D eigenvalue weighted by molar-refractivity contribution is 0.0787. The van der Waals surface area contributed by atoms with Crippen molar-refractivity contribution in [3.63, 3.8) is 0 Å². The quantitative estimate of drug-likeness (QED) is 0.871. The highest BCUT2D eigenvalue weighted by Gasteiger charge is 2.31. The van der Waals surface area contributed by atoms with Crippen molar-refractivity contribution in [1.82, 2.24) is 19.9 Å². The maximum Gasteiger partial charge on any atom is 0.254 e. The summed E-state index contributed by atoms with van der Waals surface area (Å²) in [7, 11) is 0. The lowest BCUT2D eigenvalue weighted by Crippen LogP contribution is -2.28. The highest BCUT2D eigenvalue weighted by Crippen LogP contribution is 2.39. The van der Waals surface area contributed by atoms with Crippen LogP contribution in [-0.4, -0.2) is 38.9 Å². The van der Waals surface area contributed by atoms with Gasteiger partial charge in [-0.3, -0.25) is 4.79 Å². The molecule has 2 fully saturated rings. The second-order valence-electron chi connectivity index (χ2n) is 5.60. The SMILES string of the molecule is O=C(c1ccsc1)N1CCC(n2cc(C3CC3)nn2)C1. The zero-order valence-corrected chi connectivity index (χ0v) is 11.9. The van der Waals surface area contributed by atoms with Crippen LogP contribution in [0.4, 0.5) is 0 Å². The molecule has 0 bridgehead atoms. The predicted molar refractivity (Wildman–Crippen MR) is 75.9 cm³/mol. The van der Waals surface area contributed by atoms with Crippen molar-refractivity contribution < 1.29 is 4.79 Å². The van der Waals surface area contributed by atoms with Gasteiger partial charge in [-0.05, 0) is 30.7 Å². The Morgan fingerprint density at radius 1 is 1.35 bits per heavy atom. The maximum atomic E-state index is 12.3. The third-order valence-corrected chi connectivity index (χ3v) is 4.80. The summed E-state index contributed by atoms with van der Waals surface area (Å²) in [5.41, 5.74) is 1.92. The molecule has 20 heavy (non-hydrogen) atoms. The minimum Gasteiger partial charge on any atom is -0.336 e. The summed E-state index contributed by atoms with van der Waals surface area (Å²) < 4.78 is 1.95. The van der Waals surface area contributed by atoms with E-state index in [1.807, 2.05) is 26.4 Å². The molecule has 1 aliphatic carbocycles. The van der Waals surface area contributed by atoms with Crippen molar-refractivity contribution >= 4 is 17.2 Å². The van der Waals surface area contributed by atoms with E-state index < -0.39 is 0 Å². The number of rotatable bonds is 3. The minimum atomic E-state index is 0.135. The van der Waals surface area contributed by atoms with Crippen LogP contribution in [0, 0.1) is 0 Å². The average molecular weight is 288 g/mol. The number of amides is 1. The van der Waals surface area contributed by atoms with Gasteiger partial charge in [0.1, 0.15) is 0 Å². The predicted octanol–water partition coefficient (Wildman–Crippen LogP) is 2.30. The topological polar surface area (TPSA) is 51.0 Å². The molecule has 1 saturated carbocycles. The van der Waals surface area contributed by atoms with Crippen molar-refractivity contribution in [3.05, 3.63) is 34.3 Å². The Balaban J connectivity index is 1.45. The average Bonchev–Trinajstić information content (AvgIpc) is 2.98. The Kier molecular flexibility index (Phi) is 2.84. The van der Waals surface area contributed by atoms with Crippen molar-refractivity contribution in [3.8, 4) is 0 Å². The smallest absolute Gasteiger partial charge is 0.254 e. The molecule has 104 valence electrons. The maximum absolute atomic E-state index is 12.3. The number of hydrogen-bond acceptors (Lipinski definition) is 4. The van der Waals surface area contributed by atoms with E-state index >= 15 is 0 Å². The molecule has 0 aromatic carbocycles. The van der Waals surface area contributed by atoms with E-state index in [9.17, 15) is 4.79 Å². The van der Waals surface area contributed by atoms with Crippen LogP contribution in [0.5, 0.6) is 0 Å².